The first-order valence-electron chi connectivity index (χ1n) is 5.19. The number of rotatable bonds is 4. The van der Waals surface area contributed by atoms with E-state index >= 15 is 0 Å². The average molecular weight is 224 g/mol. The number of hydrogen-bond donors (Lipinski definition) is 1. The summed E-state index contributed by atoms with van der Waals surface area (Å²) in [4.78, 5) is 0. The monoisotopic (exact) mass is 223 g/mol. The van der Waals surface area contributed by atoms with Crippen LogP contribution in [-0.2, 0) is 0 Å². The van der Waals surface area contributed by atoms with Gasteiger partial charge < -0.3 is 5.32 Å². The Morgan fingerprint density at radius 1 is 1.40 bits per heavy atom. The second kappa shape index (κ2) is 5.94. The van der Waals surface area contributed by atoms with Crippen molar-refractivity contribution in [1.82, 2.24) is 5.32 Å². The van der Waals surface area contributed by atoms with Crippen LogP contribution < -0.4 is 5.32 Å². The SMILES string of the molecule is C/C(=C\Cl)CN[C@H](C)c1ccc(C)cc1. The summed E-state index contributed by atoms with van der Waals surface area (Å²) in [6.45, 7) is 7.11. The van der Waals surface area contributed by atoms with Gasteiger partial charge in [-0.2, -0.15) is 0 Å². The van der Waals surface area contributed by atoms with Crippen LogP contribution in [0.4, 0.5) is 0 Å². The van der Waals surface area contributed by atoms with Crippen LogP contribution in [0.2, 0.25) is 0 Å². The van der Waals surface area contributed by atoms with E-state index in [0.29, 0.717) is 6.04 Å². The molecule has 1 aromatic rings. The molecule has 0 fully saturated rings. The van der Waals surface area contributed by atoms with E-state index in [1.807, 2.05) is 6.92 Å². The normalized spacial score (nSPS) is 14.0. The largest absolute Gasteiger partial charge is 0.306 e. The van der Waals surface area contributed by atoms with Gasteiger partial charge in [0, 0.05) is 18.1 Å². The van der Waals surface area contributed by atoms with Gasteiger partial charge in [0.15, 0.2) is 0 Å². The number of halogens is 1. The summed E-state index contributed by atoms with van der Waals surface area (Å²) in [5.74, 6) is 0. The molecule has 2 heteroatoms. The Morgan fingerprint density at radius 2 is 2.00 bits per heavy atom. The Kier molecular flexibility index (Phi) is 4.86. The van der Waals surface area contributed by atoms with E-state index in [-0.39, 0.29) is 0 Å². The van der Waals surface area contributed by atoms with Crippen molar-refractivity contribution in [2.45, 2.75) is 26.8 Å². The van der Waals surface area contributed by atoms with E-state index in [4.69, 9.17) is 11.6 Å². The quantitative estimate of drug-likeness (QED) is 0.819. The molecule has 0 aliphatic heterocycles. The molecule has 0 heterocycles. The van der Waals surface area contributed by atoms with E-state index in [1.54, 1.807) is 5.54 Å². The zero-order valence-electron chi connectivity index (χ0n) is 9.55. The lowest BCUT2D eigenvalue weighted by molar-refractivity contribution is 0.607. The van der Waals surface area contributed by atoms with E-state index in [9.17, 15) is 0 Å². The molecule has 1 rings (SSSR count). The summed E-state index contributed by atoms with van der Waals surface area (Å²) >= 11 is 5.60. The predicted molar refractivity (Wildman–Crippen MR) is 67.2 cm³/mol. The van der Waals surface area contributed by atoms with Crippen LogP contribution in [0.1, 0.15) is 31.0 Å². The minimum Gasteiger partial charge on any atom is -0.306 e. The second-order valence-electron chi connectivity index (χ2n) is 3.97. The first-order valence-corrected chi connectivity index (χ1v) is 5.63. The van der Waals surface area contributed by atoms with Crippen molar-refractivity contribution in [2.75, 3.05) is 6.54 Å². The Labute approximate surface area is 97.1 Å². The lowest BCUT2D eigenvalue weighted by atomic mass is 10.1. The van der Waals surface area contributed by atoms with Crippen molar-refractivity contribution >= 4 is 11.6 Å². The first-order chi connectivity index (χ1) is 7.13. The smallest absolute Gasteiger partial charge is 0.0294 e. The zero-order valence-corrected chi connectivity index (χ0v) is 10.3. The molecule has 0 radical (unpaired) electrons. The van der Waals surface area contributed by atoms with Crippen LogP contribution in [0.5, 0.6) is 0 Å². The maximum Gasteiger partial charge on any atom is 0.0294 e. The maximum atomic E-state index is 5.60. The van der Waals surface area contributed by atoms with Crippen molar-refractivity contribution < 1.29 is 0 Å². The highest BCUT2D eigenvalue weighted by Crippen LogP contribution is 2.13. The van der Waals surface area contributed by atoms with Gasteiger partial charge in [0.25, 0.3) is 0 Å². The molecule has 0 saturated heterocycles. The predicted octanol–water partition coefficient (Wildman–Crippen LogP) is 3.79. The van der Waals surface area contributed by atoms with Crippen LogP contribution >= 0.6 is 11.6 Å². The van der Waals surface area contributed by atoms with Gasteiger partial charge in [-0.05, 0) is 31.9 Å². The van der Waals surface area contributed by atoms with E-state index in [2.05, 4.69) is 43.4 Å². The molecule has 0 aromatic heterocycles. The van der Waals surface area contributed by atoms with E-state index in [0.717, 1.165) is 12.1 Å². The van der Waals surface area contributed by atoms with Crippen LogP contribution in [-0.4, -0.2) is 6.54 Å². The molecule has 1 atom stereocenters. The van der Waals surface area contributed by atoms with Gasteiger partial charge in [0.1, 0.15) is 0 Å². The van der Waals surface area contributed by atoms with Crippen LogP contribution in [0.15, 0.2) is 35.4 Å². The van der Waals surface area contributed by atoms with E-state index in [1.165, 1.54) is 11.1 Å². The fourth-order valence-electron chi connectivity index (χ4n) is 1.33. The first kappa shape index (κ1) is 12.3. The molecule has 0 amide bonds. The number of aryl methyl sites for hydroxylation is 1. The average Bonchev–Trinajstić information content (AvgIpc) is 2.26. The number of hydrogen-bond acceptors (Lipinski definition) is 1. The minimum atomic E-state index is 0.358. The molecule has 0 bridgehead atoms. The summed E-state index contributed by atoms with van der Waals surface area (Å²) in [5.41, 5.74) is 5.37. The molecule has 1 nitrogen and oxygen atoms in total. The summed E-state index contributed by atoms with van der Waals surface area (Å²) < 4.78 is 0. The molecule has 0 aliphatic rings. The number of nitrogens with one attached hydrogen (secondary N) is 1. The summed E-state index contributed by atoms with van der Waals surface area (Å²) in [6, 6.07) is 8.95. The summed E-state index contributed by atoms with van der Waals surface area (Å²) in [6.07, 6.45) is 0. The molecule has 0 aliphatic carbocycles. The summed E-state index contributed by atoms with van der Waals surface area (Å²) in [5, 5.41) is 3.42. The second-order valence-corrected chi connectivity index (χ2v) is 4.19. The Morgan fingerprint density at radius 3 is 2.53 bits per heavy atom. The van der Waals surface area contributed by atoms with Gasteiger partial charge in [-0.25, -0.2) is 0 Å². The highest BCUT2D eigenvalue weighted by atomic mass is 35.5. The Balaban J connectivity index is 2.53. The molecule has 0 unspecified atom stereocenters. The van der Waals surface area contributed by atoms with Crippen molar-refractivity contribution in [2.24, 2.45) is 0 Å². The van der Waals surface area contributed by atoms with Gasteiger partial charge in [-0.1, -0.05) is 41.4 Å². The molecule has 1 aromatic carbocycles. The molecule has 82 valence electrons. The highest BCUT2D eigenvalue weighted by molar-refractivity contribution is 6.25. The Hall–Kier alpha value is -0.790. The Bertz CT molecular complexity index is 327. The number of benzene rings is 1. The maximum absolute atomic E-state index is 5.60. The van der Waals surface area contributed by atoms with Crippen LogP contribution in [0, 0.1) is 6.92 Å². The zero-order chi connectivity index (χ0) is 11.3. The van der Waals surface area contributed by atoms with Crippen molar-refractivity contribution in [3.8, 4) is 0 Å². The van der Waals surface area contributed by atoms with Crippen LogP contribution in [0.3, 0.4) is 0 Å². The molecule has 0 spiro atoms. The third kappa shape index (κ3) is 4.06. The molecular weight excluding hydrogens is 206 g/mol. The van der Waals surface area contributed by atoms with Gasteiger partial charge >= 0.3 is 0 Å². The van der Waals surface area contributed by atoms with Gasteiger partial charge in [0.05, 0.1) is 0 Å². The van der Waals surface area contributed by atoms with Gasteiger partial charge in [0.2, 0.25) is 0 Å². The highest BCUT2D eigenvalue weighted by Gasteiger charge is 2.03. The lowest BCUT2D eigenvalue weighted by Crippen LogP contribution is -2.20. The van der Waals surface area contributed by atoms with Crippen molar-refractivity contribution in [1.29, 1.82) is 0 Å². The van der Waals surface area contributed by atoms with Gasteiger partial charge in [-0.3, -0.25) is 0 Å². The van der Waals surface area contributed by atoms with E-state index < -0.39 is 0 Å². The summed E-state index contributed by atoms with van der Waals surface area (Å²) in [7, 11) is 0. The van der Waals surface area contributed by atoms with Crippen LogP contribution in [0.25, 0.3) is 0 Å². The lowest BCUT2D eigenvalue weighted by Gasteiger charge is -2.14. The van der Waals surface area contributed by atoms with Crippen molar-refractivity contribution in [3.05, 3.63) is 46.5 Å². The molecule has 1 N–H and O–H groups in total. The standard InChI is InChI=1S/C13H18ClN/c1-10-4-6-13(7-5-10)12(3)15-9-11(2)8-14/h4-8,12,15H,9H2,1-3H3/b11-8+/t12-/m1/s1. The van der Waals surface area contributed by atoms with Crippen molar-refractivity contribution in [3.63, 3.8) is 0 Å². The topological polar surface area (TPSA) is 12.0 Å². The third-order valence-corrected chi connectivity index (χ3v) is 2.82. The molecule has 15 heavy (non-hydrogen) atoms. The molecule has 0 saturated carbocycles. The molecular formula is C13H18ClN. The van der Waals surface area contributed by atoms with Gasteiger partial charge in [-0.15, -0.1) is 0 Å². The third-order valence-electron chi connectivity index (χ3n) is 2.45. The fraction of sp³-hybridized carbons (Fsp3) is 0.385. The minimum absolute atomic E-state index is 0.358. The fourth-order valence-corrected chi connectivity index (χ4v) is 1.40.